The number of benzene rings is 2. The fourth-order valence-corrected chi connectivity index (χ4v) is 3.22. The molecule has 5 heteroatoms. The summed E-state index contributed by atoms with van der Waals surface area (Å²) in [5.74, 6) is 0.599. The summed E-state index contributed by atoms with van der Waals surface area (Å²) in [7, 11) is 0. The quantitative estimate of drug-likeness (QED) is 0.711. The summed E-state index contributed by atoms with van der Waals surface area (Å²) in [5.41, 5.74) is 1.86. The Morgan fingerprint density at radius 1 is 1.00 bits per heavy atom. The van der Waals surface area contributed by atoms with E-state index in [0.717, 1.165) is 45.6 Å². The lowest BCUT2D eigenvalue weighted by Crippen LogP contribution is -2.47. The van der Waals surface area contributed by atoms with E-state index in [1.165, 1.54) is 5.56 Å². The van der Waals surface area contributed by atoms with Gasteiger partial charge in [0.25, 0.3) is 0 Å². The van der Waals surface area contributed by atoms with Crippen molar-refractivity contribution in [1.82, 2.24) is 9.80 Å². The van der Waals surface area contributed by atoms with E-state index in [1.54, 1.807) is 18.2 Å². The normalized spacial score (nSPS) is 15.9. The van der Waals surface area contributed by atoms with Crippen LogP contribution in [0.1, 0.15) is 15.9 Å². The van der Waals surface area contributed by atoms with Crippen LogP contribution in [-0.4, -0.2) is 55.4 Å². The topological polar surface area (TPSA) is 32.8 Å². The lowest BCUT2D eigenvalue weighted by atomic mass is 10.2. The maximum absolute atomic E-state index is 11.1. The number of halogens is 1. The molecule has 0 bridgehead atoms. The largest absolute Gasteiger partial charge is 0.492 e. The van der Waals surface area contributed by atoms with Crippen LogP contribution in [0.3, 0.4) is 0 Å². The van der Waals surface area contributed by atoms with Crippen molar-refractivity contribution in [1.29, 1.82) is 0 Å². The van der Waals surface area contributed by atoms with Gasteiger partial charge in [0.1, 0.15) is 12.4 Å². The molecule has 1 saturated heterocycles. The van der Waals surface area contributed by atoms with E-state index in [1.807, 2.05) is 0 Å². The van der Waals surface area contributed by atoms with Crippen molar-refractivity contribution in [3.63, 3.8) is 0 Å². The van der Waals surface area contributed by atoms with Gasteiger partial charge in [-0.1, -0.05) is 41.9 Å². The van der Waals surface area contributed by atoms with Gasteiger partial charge in [-0.2, -0.15) is 0 Å². The van der Waals surface area contributed by atoms with Gasteiger partial charge in [0.05, 0.1) is 5.56 Å². The highest BCUT2D eigenvalue weighted by Crippen LogP contribution is 2.21. The number of ether oxygens (including phenoxy) is 1. The molecule has 1 aliphatic heterocycles. The van der Waals surface area contributed by atoms with Crippen molar-refractivity contribution >= 4 is 17.9 Å². The van der Waals surface area contributed by atoms with Crippen LogP contribution in [0.2, 0.25) is 5.02 Å². The zero-order valence-electron chi connectivity index (χ0n) is 14.2. The molecule has 1 heterocycles. The van der Waals surface area contributed by atoms with Gasteiger partial charge in [-0.3, -0.25) is 14.6 Å². The molecule has 25 heavy (non-hydrogen) atoms. The minimum Gasteiger partial charge on any atom is -0.492 e. The van der Waals surface area contributed by atoms with Gasteiger partial charge < -0.3 is 4.74 Å². The molecule has 0 spiro atoms. The summed E-state index contributed by atoms with van der Waals surface area (Å²) in [6.07, 6.45) is 0.781. The third-order valence-corrected chi connectivity index (χ3v) is 4.71. The minimum absolute atomic E-state index is 0.500. The molecule has 1 fully saturated rings. The third-order valence-electron chi connectivity index (χ3n) is 4.48. The molecule has 2 aromatic rings. The molecular weight excluding hydrogens is 336 g/mol. The Kier molecular flexibility index (Phi) is 6.45. The van der Waals surface area contributed by atoms with E-state index in [2.05, 4.69) is 40.1 Å². The van der Waals surface area contributed by atoms with E-state index in [9.17, 15) is 4.79 Å². The molecule has 0 N–H and O–H groups in total. The molecule has 0 saturated carbocycles. The second kappa shape index (κ2) is 8.99. The Morgan fingerprint density at radius 2 is 1.72 bits per heavy atom. The Bertz CT molecular complexity index is 685. The highest BCUT2D eigenvalue weighted by atomic mass is 35.5. The van der Waals surface area contributed by atoms with E-state index in [0.29, 0.717) is 22.9 Å². The number of nitrogens with zero attached hydrogens (tertiary/aromatic N) is 2. The van der Waals surface area contributed by atoms with Crippen LogP contribution in [0.25, 0.3) is 0 Å². The summed E-state index contributed by atoms with van der Waals surface area (Å²) in [4.78, 5) is 16.0. The molecule has 132 valence electrons. The summed E-state index contributed by atoms with van der Waals surface area (Å²) >= 11 is 5.90. The van der Waals surface area contributed by atoms with Crippen LogP contribution in [0, 0.1) is 0 Å². The van der Waals surface area contributed by atoms with Gasteiger partial charge in [-0.25, -0.2) is 0 Å². The summed E-state index contributed by atoms with van der Waals surface area (Å²) in [5, 5.41) is 0.545. The predicted molar refractivity (Wildman–Crippen MR) is 100 cm³/mol. The average molecular weight is 359 g/mol. The Morgan fingerprint density at radius 3 is 2.44 bits per heavy atom. The number of hydrogen-bond donors (Lipinski definition) is 0. The van der Waals surface area contributed by atoms with Crippen LogP contribution in [0.15, 0.2) is 48.5 Å². The van der Waals surface area contributed by atoms with E-state index in [-0.39, 0.29) is 0 Å². The fraction of sp³-hybridized carbons (Fsp3) is 0.350. The van der Waals surface area contributed by atoms with Crippen molar-refractivity contribution in [2.24, 2.45) is 0 Å². The van der Waals surface area contributed by atoms with Crippen molar-refractivity contribution in [2.45, 2.75) is 6.54 Å². The van der Waals surface area contributed by atoms with E-state index in [4.69, 9.17) is 16.3 Å². The molecule has 0 aliphatic carbocycles. The minimum atomic E-state index is 0.500. The zero-order valence-corrected chi connectivity index (χ0v) is 15.0. The number of carbonyl (C=O) groups excluding carboxylic acids is 1. The smallest absolute Gasteiger partial charge is 0.153 e. The predicted octanol–water partition coefficient (Wildman–Crippen LogP) is 3.35. The van der Waals surface area contributed by atoms with Gasteiger partial charge in [-0.15, -0.1) is 0 Å². The molecule has 2 aromatic carbocycles. The highest BCUT2D eigenvalue weighted by Gasteiger charge is 2.16. The standard InChI is InChI=1S/C20H23ClN2O2/c21-19-6-7-20(18(14-19)16-24)25-13-12-22-8-10-23(11-9-22)15-17-4-2-1-3-5-17/h1-7,14,16H,8-13,15H2. The Hall–Kier alpha value is -1.88. The van der Waals surface area contributed by atoms with Crippen molar-refractivity contribution in [2.75, 3.05) is 39.3 Å². The number of piperazine rings is 1. The summed E-state index contributed by atoms with van der Waals surface area (Å²) in [6.45, 7) is 6.65. The number of carbonyl (C=O) groups is 1. The zero-order chi connectivity index (χ0) is 17.5. The molecule has 3 rings (SSSR count). The second-order valence-electron chi connectivity index (χ2n) is 6.25. The number of hydrogen-bond acceptors (Lipinski definition) is 4. The lowest BCUT2D eigenvalue weighted by Gasteiger charge is -2.34. The van der Waals surface area contributed by atoms with E-state index < -0.39 is 0 Å². The van der Waals surface area contributed by atoms with Gasteiger partial charge in [-0.05, 0) is 23.8 Å². The maximum Gasteiger partial charge on any atom is 0.153 e. The molecule has 1 aliphatic rings. The monoisotopic (exact) mass is 358 g/mol. The molecule has 0 atom stereocenters. The summed E-state index contributed by atoms with van der Waals surface area (Å²) in [6, 6.07) is 15.7. The number of rotatable bonds is 7. The van der Waals surface area contributed by atoms with Crippen molar-refractivity contribution in [3.8, 4) is 5.75 Å². The van der Waals surface area contributed by atoms with Gasteiger partial charge in [0, 0.05) is 44.3 Å². The molecule has 0 amide bonds. The first-order valence-corrected chi connectivity index (χ1v) is 8.98. The van der Waals surface area contributed by atoms with Crippen LogP contribution in [-0.2, 0) is 6.54 Å². The molecule has 0 radical (unpaired) electrons. The van der Waals surface area contributed by atoms with Crippen molar-refractivity contribution in [3.05, 3.63) is 64.7 Å². The summed E-state index contributed by atoms with van der Waals surface area (Å²) < 4.78 is 5.76. The van der Waals surface area contributed by atoms with Crippen LogP contribution < -0.4 is 4.74 Å². The SMILES string of the molecule is O=Cc1cc(Cl)ccc1OCCN1CCN(Cc2ccccc2)CC1. The van der Waals surface area contributed by atoms with Gasteiger partial charge >= 0.3 is 0 Å². The van der Waals surface area contributed by atoms with Crippen molar-refractivity contribution < 1.29 is 9.53 Å². The first-order chi connectivity index (χ1) is 12.2. The third kappa shape index (κ3) is 5.30. The Labute approximate surface area is 154 Å². The van der Waals surface area contributed by atoms with Gasteiger partial charge in [0.15, 0.2) is 6.29 Å². The molecule has 0 unspecified atom stereocenters. The highest BCUT2D eigenvalue weighted by molar-refractivity contribution is 6.30. The van der Waals surface area contributed by atoms with Gasteiger partial charge in [0.2, 0.25) is 0 Å². The number of aldehydes is 1. The molecule has 4 nitrogen and oxygen atoms in total. The molecular formula is C20H23ClN2O2. The average Bonchev–Trinajstić information content (AvgIpc) is 2.65. The first kappa shape index (κ1) is 17.9. The molecule has 0 aromatic heterocycles. The van der Waals surface area contributed by atoms with Crippen LogP contribution in [0.5, 0.6) is 5.75 Å². The lowest BCUT2D eigenvalue weighted by molar-refractivity contribution is 0.109. The maximum atomic E-state index is 11.1. The van der Waals surface area contributed by atoms with Crippen LogP contribution in [0.4, 0.5) is 0 Å². The second-order valence-corrected chi connectivity index (χ2v) is 6.69. The van der Waals surface area contributed by atoms with E-state index >= 15 is 0 Å². The van der Waals surface area contributed by atoms with Crippen LogP contribution >= 0.6 is 11.6 Å². The fourth-order valence-electron chi connectivity index (χ4n) is 3.04. The first-order valence-electron chi connectivity index (χ1n) is 8.61. The Balaban J connectivity index is 1.40.